The number of benzene rings is 1. The van der Waals surface area contributed by atoms with Crippen molar-refractivity contribution in [1.82, 2.24) is 9.78 Å². The van der Waals surface area contributed by atoms with Gasteiger partial charge in [0.25, 0.3) is 0 Å². The highest BCUT2D eigenvalue weighted by atomic mass is 16.1. The first-order valence-corrected chi connectivity index (χ1v) is 5.77. The van der Waals surface area contributed by atoms with Crippen LogP contribution in [0.5, 0.6) is 0 Å². The Morgan fingerprint density at radius 1 is 1.44 bits per heavy atom. The highest BCUT2D eigenvalue weighted by Gasteiger charge is 2.05. The molecular formula is C13H16N4O. The maximum absolute atomic E-state index is 11.7. The van der Waals surface area contributed by atoms with E-state index in [9.17, 15) is 4.79 Å². The van der Waals surface area contributed by atoms with E-state index >= 15 is 0 Å². The molecule has 0 radical (unpaired) electrons. The third-order valence-electron chi connectivity index (χ3n) is 2.68. The van der Waals surface area contributed by atoms with Crippen molar-refractivity contribution in [2.45, 2.75) is 12.8 Å². The molecule has 0 aliphatic rings. The number of nitrogens with one attached hydrogen (secondary N) is 1. The summed E-state index contributed by atoms with van der Waals surface area (Å²) in [5, 5.41) is 6.79. The lowest BCUT2D eigenvalue weighted by Gasteiger charge is -2.05. The van der Waals surface area contributed by atoms with Crippen LogP contribution in [0.3, 0.4) is 0 Å². The number of carbonyl (C=O) groups is 1. The van der Waals surface area contributed by atoms with Gasteiger partial charge in [-0.1, -0.05) is 12.1 Å². The molecule has 1 heterocycles. The van der Waals surface area contributed by atoms with E-state index in [4.69, 9.17) is 5.73 Å². The Morgan fingerprint density at radius 3 is 2.94 bits per heavy atom. The maximum Gasteiger partial charge on any atom is 0.225 e. The minimum atomic E-state index is -0.0268. The van der Waals surface area contributed by atoms with E-state index in [0.717, 1.165) is 11.3 Å². The van der Waals surface area contributed by atoms with Crippen LogP contribution in [0.2, 0.25) is 0 Å². The molecule has 3 N–H and O–H groups in total. The van der Waals surface area contributed by atoms with Crippen molar-refractivity contribution in [1.29, 1.82) is 0 Å². The molecule has 0 saturated heterocycles. The number of carbonyl (C=O) groups excluding carboxylic acids is 1. The summed E-state index contributed by atoms with van der Waals surface area (Å²) < 4.78 is 1.62. The predicted octanol–water partition coefficient (Wildman–Crippen LogP) is 1.57. The average molecular weight is 244 g/mol. The zero-order valence-corrected chi connectivity index (χ0v) is 10.3. The van der Waals surface area contributed by atoms with Crippen molar-refractivity contribution in [3.63, 3.8) is 0 Å². The van der Waals surface area contributed by atoms with Crippen molar-refractivity contribution in [2.75, 3.05) is 11.1 Å². The first-order chi connectivity index (χ1) is 8.65. The van der Waals surface area contributed by atoms with Gasteiger partial charge in [0.1, 0.15) is 5.82 Å². The van der Waals surface area contributed by atoms with E-state index in [1.165, 1.54) is 0 Å². The number of amides is 1. The Bertz CT molecular complexity index is 547. The molecule has 18 heavy (non-hydrogen) atoms. The second-order valence-corrected chi connectivity index (χ2v) is 4.13. The van der Waals surface area contributed by atoms with Gasteiger partial charge in [-0.25, -0.2) is 0 Å². The summed E-state index contributed by atoms with van der Waals surface area (Å²) in [4.78, 5) is 11.7. The zero-order chi connectivity index (χ0) is 13.0. The number of rotatable bonds is 4. The quantitative estimate of drug-likeness (QED) is 0.802. The van der Waals surface area contributed by atoms with Crippen LogP contribution < -0.4 is 11.1 Å². The summed E-state index contributed by atoms with van der Waals surface area (Å²) in [5.74, 6) is 0.675. The fourth-order valence-corrected chi connectivity index (χ4v) is 1.71. The van der Waals surface area contributed by atoms with Gasteiger partial charge in [0.05, 0.1) is 6.20 Å². The molecule has 0 aliphatic carbocycles. The lowest BCUT2D eigenvalue weighted by atomic mass is 10.1. The summed E-state index contributed by atoms with van der Waals surface area (Å²) in [6, 6.07) is 9.34. The first kappa shape index (κ1) is 12.2. The van der Waals surface area contributed by atoms with Gasteiger partial charge in [0.2, 0.25) is 5.91 Å². The highest BCUT2D eigenvalue weighted by Crippen LogP contribution is 2.10. The number of nitrogens with zero attached hydrogens (tertiary/aromatic N) is 2. The number of aromatic nitrogens is 2. The molecule has 1 amide bonds. The van der Waals surface area contributed by atoms with Gasteiger partial charge in [0.15, 0.2) is 0 Å². The Kier molecular flexibility index (Phi) is 3.62. The van der Waals surface area contributed by atoms with Gasteiger partial charge >= 0.3 is 0 Å². The van der Waals surface area contributed by atoms with Crippen LogP contribution >= 0.6 is 0 Å². The Hall–Kier alpha value is -2.30. The van der Waals surface area contributed by atoms with E-state index in [1.54, 1.807) is 24.0 Å². The zero-order valence-electron chi connectivity index (χ0n) is 10.3. The minimum absolute atomic E-state index is 0.0268. The number of hydrogen-bond donors (Lipinski definition) is 2. The van der Waals surface area contributed by atoms with E-state index < -0.39 is 0 Å². The molecule has 94 valence electrons. The van der Waals surface area contributed by atoms with Gasteiger partial charge in [-0.05, 0) is 24.1 Å². The van der Waals surface area contributed by atoms with E-state index in [-0.39, 0.29) is 5.91 Å². The standard InChI is InChI=1S/C13H16N4O/c1-17-12(7-8-15-17)16-13(18)6-5-10-3-2-4-11(14)9-10/h2-4,7-9H,5-6,14H2,1H3,(H,16,18). The number of nitrogen functional groups attached to an aromatic ring is 1. The molecule has 0 aliphatic heterocycles. The molecule has 5 nitrogen and oxygen atoms in total. The van der Waals surface area contributed by atoms with Gasteiger partial charge < -0.3 is 11.1 Å². The van der Waals surface area contributed by atoms with Crippen LogP contribution in [-0.4, -0.2) is 15.7 Å². The first-order valence-electron chi connectivity index (χ1n) is 5.77. The lowest BCUT2D eigenvalue weighted by Crippen LogP contribution is -2.14. The third kappa shape index (κ3) is 3.10. The molecule has 0 fully saturated rings. The fraction of sp³-hybridized carbons (Fsp3) is 0.231. The van der Waals surface area contributed by atoms with Crippen molar-refractivity contribution in [3.8, 4) is 0 Å². The molecule has 0 saturated carbocycles. The third-order valence-corrected chi connectivity index (χ3v) is 2.68. The number of aryl methyl sites for hydroxylation is 2. The molecule has 0 spiro atoms. The predicted molar refractivity (Wildman–Crippen MR) is 71.0 cm³/mol. The fourth-order valence-electron chi connectivity index (χ4n) is 1.71. The van der Waals surface area contributed by atoms with E-state index in [0.29, 0.717) is 18.7 Å². The maximum atomic E-state index is 11.7. The number of hydrogen-bond acceptors (Lipinski definition) is 3. The van der Waals surface area contributed by atoms with Crippen LogP contribution in [0.1, 0.15) is 12.0 Å². The van der Waals surface area contributed by atoms with E-state index in [1.807, 2.05) is 24.3 Å². The second-order valence-electron chi connectivity index (χ2n) is 4.13. The molecule has 0 unspecified atom stereocenters. The largest absolute Gasteiger partial charge is 0.399 e. The van der Waals surface area contributed by atoms with Gasteiger partial charge in [0, 0.05) is 25.2 Å². The van der Waals surface area contributed by atoms with Crippen LogP contribution in [0, 0.1) is 0 Å². The summed E-state index contributed by atoms with van der Waals surface area (Å²) in [6.07, 6.45) is 2.75. The topological polar surface area (TPSA) is 72.9 Å². The Balaban J connectivity index is 1.87. The van der Waals surface area contributed by atoms with E-state index in [2.05, 4.69) is 10.4 Å². The molecule has 1 aromatic heterocycles. The van der Waals surface area contributed by atoms with Gasteiger partial charge in [-0.3, -0.25) is 9.48 Å². The summed E-state index contributed by atoms with van der Waals surface area (Å²) in [6.45, 7) is 0. The van der Waals surface area contributed by atoms with Crippen molar-refractivity contribution in [3.05, 3.63) is 42.1 Å². The lowest BCUT2D eigenvalue weighted by molar-refractivity contribution is -0.116. The minimum Gasteiger partial charge on any atom is -0.399 e. The second kappa shape index (κ2) is 5.35. The number of nitrogens with two attached hydrogens (primary N) is 1. The van der Waals surface area contributed by atoms with Crippen molar-refractivity contribution < 1.29 is 4.79 Å². The molecule has 0 bridgehead atoms. The highest BCUT2D eigenvalue weighted by molar-refractivity contribution is 5.89. The van der Waals surface area contributed by atoms with Crippen molar-refractivity contribution in [2.24, 2.45) is 7.05 Å². The summed E-state index contributed by atoms with van der Waals surface area (Å²) >= 11 is 0. The molecule has 5 heteroatoms. The number of anilines is 2. The summed E-state index contributed by atoms with van der Waals surface area (Å²) in [5.41, 5.74) is 7.47. The van der Waals surface area contributed by atoms with Gasteiger partial charge in [-0.15, -0.1) is 0 Å². The Labute approximate surface area is 106 Å². The molecule has 1 aromatic carbocycles. The molecule has 2 aromatic rings. The normalized spacial score (nSPS) is 10.3. The Morgan fingerprint density at radius 2 is 2.28 bits per heavy atom. The molecule has 2 rings (SSSR count). The van der Waals surface area contributed by atoms with Crippen molar-refractivity contribution >= 4 is 17.4 Å². The average Bonchev–Trinajstić information content (AvgIpc) is 2.73. The monoisotopic (exact) mass is 244 g/mol. The summed E-state index contributed by atoms with van der Waals surface area (Å²) in [7, 11) is 1.79. The van der Waals surface area contributed by atoms with Crippen LogP contribution in [-0.2, 0) is 18.3 Å². The van der Waals surface area contributed by atoms with Crippen LogP contribution in [0.4, 0.5) is 11.5 Å². The SMILES string of the molecule is Cn1nccc1NC(=O)CCc1cccc(N)c1. The van der Waals surface area contributed by atoms with Gasteiger partial charge in [-0.2, -0.15) is 5.10 Å². The molecular weight excluding hydrogens is 228 g/mol. The van der Waals surface area contributed by atoms with Crippen LogP contribution in [0.15, 0.2) is 36.5 Å². The smallest absolute Gasteiger partial charge is 0.225 e. The molecule has 0 atom stereocenters. The van der Waals surface area contributed by atoms with Crippen LogP contribution in [0.25, 0.3) is 0 Å².